The lowest BCUT2D eigenvalue weighted by atomic mass is 10.2. The molecule has 2 rings (SSSR count). The van der Waals surface area contributed by atoms with Crippen LogP contribution in [0.5, 0.6) is 5.75 Å². The van der Waals surface area contributed by atoms with Crippen molar-refractivity contribution in [2.75, 3.05) is 19.6 Å². The van der Waals surface area contributed by atoms with Gasteiger partial charge >= 0.3 is 0 Å². The number of benzene rings is 1. The molecule has 0 bridgehead atoms. The van der Waals surface area contributed by atoms with Crippen LogP contribution in [0.2, 0.25) is 0 Å². The summed E-state index contributed by atoms with van der Waals surface area (Å²) in [5, 5.41) is 3.33. The number of nitrogens with one attached hydrogen (secondary N) is 1. The van der Waals surface area contributed by atoms with E-state index >= 15 is 0 Å². The summed E-state index contributed by atoms with van der Waals surface area (Å²) in [6, 6.07) is 8.14. The van der Waals surface area contributed by atoms with E-state index in [4.69, 9.17) is 4.74 Å². The Morgan fingerprint density at radius 3 is 3.00 bits per heavy atom. The molecule has 1 N–H and O–H groups in total. The average molecular weight is 262 g/mol. The normalized spacial score (nSPS) is 21.0. The van der Waals surface area contributed by atoms with Crippen molar-refractivity contribution < 1.29 is 9.53 Å². The Morgan fingerprint density at radius 2 is 2.32 bits per heavy atom. The number of rotatable bonds is 3. The fourth-order valence-electron chi connectivity index (χ4n) is 2.33. The first-order chi connectivity index (χ1) is 9.06. The number of carbonyl (C=O) groups is 1. The van der Waals surface area contributed by atoms with Crippen LogP contribution in [0.3, 0.4) is 0 Å². The molecule has 1 aromatic carbocycles. The Hall–Kier alpha value is -1.55. The van der Waals surface area contributed by atoms with Gasteiger partial charge in [0.05, 0.1) is 0 Å². The van der Waals surface area contributed by atoms with Gasteiger partial charge in [-0.2, -0.15) is 0 Å². The third kappa shape index (κ3) is 3.70. The van der Waals surface area contributed by atoms with Crippen LogP contribution >= 0.6 is 0 Å². The molecule has 1 amide bonds. The zero-order valence-corrected chi connectivity index (χ0v) is 11.8. The summed E-state index contributed by atoms with van der Waals surface area (Å²) in [6.45, 7) is 8.27. The molecule has 2 unspecified atom stereocenters. The molecule has 2 atom stereocenters. The van der Waals surface area contributed by atoms with Gasteiger partial charge in [0.2, 0.25) is 0 Å². The number of hydrogen-bond acceptors (Lipinski definition) is 3. The zero-order chi connectivity index (χ0) is 13.8. The van der Waals surface area contributed by atoms with Gasteiger partial charge in [-0.25, -0.2) is 0 Å². The first kappa shape index (κ1) is 13.9. The monoisotopic (exact) mass is 262 g/mol. The van der Waals surface area contributed by atoms with E-state index in [0.29, 0.717) is 6.04 Å². The Balaban J connectivity index is 1.95. The number of nitrogens with zero attached hydrogens (tertiary/aromatic N) is 1. The predicted octanol–water partition coefficient (Wildman–Crippen LogP) is 1.58. The van der Waals surface area contributed by atoms with Gasteiger partial charge in [-0.05, 0) is 38.5 Å². The van der Waals surface area contributed by atoms with Crippen molar-refractivity contribution in [1.29, 1.82) is 0 Å². The van der Waals surface area contributed by atoms with Crippen LogP contribution in [0.15, 0.2) is 24.3 Å². The van der Waals surface area contributed by atoms with Crippen molar-refractivity contribution in [3.8, 4) is 5.75 Å². The van der Waals surface area contributed by atoms with Crippen molar-refractivity contribution >= 4 is 5.91 Å². The summed E-state index contributed by atoms with van der Waals surface area (Å²) in [6.07, 6.45) is -0.438. The van der Waals surface area contributed by atoms with E-state index in [2.05, 4.69) is 12.2 Å². The van der Waals surface area contributed by atoms with Gasteiger partial charge in [0, 0.05) is 25.7 Å². The van der Waals surface area contributed by atoms with Gasteiger partial charge in [-0.1, -0.05) is 12.1 Å². The number of carbonyl (C=O) groups excluding carboxylic acids is 1. The van der Waals surface area contributed by atoms with Crippen molar-refractivity contribution in [2.24, 2.45) is 0 Å². The number of hydrogen-bond donors (Lipinski definition) is 1. The van der Waals surface area contributed by atoms with Gasteiger partial charge in [-0.15, -0.1) is 0 Å². The molecule has 1 aromatic rings. The summed E-state index contributed by atoms with van der Waals surface area (Å²) in [5.41, 5.74) is 1.13. The summed E-state index contributed by atoms with van der Waals surface area (Å²) >= 11 is 0. The minimum Gasteiger partial charge on any atom is -0.481 e. The molecule has 1 aliphatic rings. The van der Waals surface area contributed by atoms with Crippen molar-refractivity contribution in [2.45, 2.75) is 32.9 Å². The third-order valence-corrected chi connectivity index (χ3v) is 3.33. The van der Waals surface area contributed by atoms with E-state index < -0.39 is 6.10 Å². The van der Waals surface area contributed by atoms with Crippen LogP contribution in [0, 0.1) is 6.92 Å². The molecule has 0 aromatic heterocycles. The van der Waals surface area contributed by atoms with Crippen molar-refractivity contribution in [1.82, 2.24) is 10.2 Å². The predicted molar refractivity (Wildman–Crippen MR) is 75.3 cm³/mol. The van der Waals surface area contributed by atoms with Gasteiger partial charge in [0.1, 0.15) is 5.75 Å². The lowest BCUT2D eigenvalue weighted by Crippen LogP contribution is -2.54. The molecular formula is C15H22N2O2. The highest BCUT2D eigenvalue weighted by Gasteiger charge is 2.25. The molecule has 0 spiro atoms. The summed E-state index contributed by atoms with van der Waals surface area (Å²) in [4.78, 5) is 14.2. The molecule has 1 fully saturated rings. The molecule has 0 saturated carbocycles. The maximum Gasteiger partial charge on any atom is 0.263 e. The average Bonchev–Trinajstić information content (AvgIpc) is 2.38. The Morgan fingerprint density at radius 1 is 1.53 bits per heavy atom. The van der Waals surface area contributed by atoms with Crippen LogP contribution in [-0.4, -0.2) is 42.6 Å². The molecule has 0 radical (unpaired) electrons. The second kappa shape index (κ2) is 6.06. The number of amides is 1. The Bertz CT molecular complexity index is 448. The Labute approximate surface area is 114 Å². The molecule has 104 valence electrons. The molecule has 1 heterocycles. The van der Waals surface area contributed by atoms with E-state index in [-0.39, 0.29) is 5.91 Å². The van der Waals surface area contributed by atoms with E-state index in [9.17, 15) is 4.79 Å². The fraction of sp³-hybridized carbons (Fsp3) is 0.533. The largest absolute Gasteiger partial charge is 0.481 e. The molecule has 19 heavy (non-hydrogen) atoms. The van der Waals surface area contributed by atoms with Gasteiger partial charge < -0.3 is 15.0 Å². The van der Waals surface area contributed by atoms with Gasteiger partial charge in [-0.3, -0.25) is 4.79 Å². The van der Waals surface area contributed by atoms with Crippen LogP contribution in [-0.2, 0) is 4.79 Å². The second-order valence-corrected chi connectivity index (χ2v) is 5.22. The highest BCUT2D eigenvalue weighted by atomic mass is 16.5. The van der Waals surface area contributed by atoms with E-state index in [1.165, 1.54) is 0 Å². The molecule has 4 heteroatoms. The minimum absolute atomic E-state index is 0.0647. The van der Waals surface area contributed by atoms with Crippen LogP contribution < -0.4 is 10.1 Å². The van der Waals surface area contributed by atoms with Gasteiger partial charge in [0.15, 0.2) is 6.10 Å². The molecular weight excluding hydrogens is 240 g/mol. The van der Waals surface area contributed by atoms with Crippen LogP contribution in [0.25, 0.3) is 0 Å². The molecule has 0 aliphatic carbocycles. The van der Waals surface area contributed by atoms with Crippen LogP contribution in [0.1, 0.15) is 19.4 Å². The van der Waals surface area contributed by atoms with E-state index in [1.54, 1.807) is 0 Å². The van der Waals surface area contributed by atoms with E-state index in [1.807, 2.05) is 43.0 Å². The fourth-order valence-corrected chi connectivity index (χ4v) is 2.33. The third-order valence-electron chi connectivity index (χ3n) is 3.33. The SMILES string of the molecule is Cc1cccc(OC(C)C(=O)N2CCNC(C)C2)c1. The lowest BCUT2D eigenvalue weighted by Gasteiger charge is -2.33. The molecule has 4 nitrogen and oxygen atoms in total. The number of aryl methyl sites for hydroxylation is 1. The van der Waals surface area contributed by atoms with Crippen molar-refractivity contribution in [3.05, 3.63) is 29.8 Å². The summed E-state index contributed by atoms with van der Waals surface area (Å²) in [7, 11) is 0. The smallest absolute Gasteiger partial charge is 0.263 e. The number of piperazine rings is 1. The highest BCUT2D eigenvalue weighted by molar-refractivity contribution is 5.81. The first-order valence-corrected chi connectivity index (χ1v) is 6.82. The first-order valence-electron chi connectivity index (χ1n) is 6.82. The zero-order valence-electron chi connectivity index (χ0n) is 11.8. The topological polar surface area (TPSA) is 41.6 Å². The standard InChI is InChI=1S/C15H22N2O2/c1-11-5-4-6-14(9-11)19-13(3)15(18)17-8-7-16-12(2)10-17/h4-6,9,12-13,16H,7-8,10H2,1-3H3. The summed E-state index contributed by atoms with van der Waals surface area (Å²) < 4.78 is 5.73. The minimum atomic E-state index is -0.438. The highest BCUT2D eigenvalue weighted by Crippen LogP contribution is 2.15. The summed E-state index contributed by atoms with van der Waals surface area (Å²) in [5.74, 6) is 0.818. The Kier molecular flexibility index (Phi) is 4.43. The molecule has 1 aliphatic heterocycles. The van der Waals surface area contributed by atoms with Crippen molar-refractivity contribution in [3.63, 3.8) is 0 Å². The molecule has 1 saturated heterocycles. The maximum atomic E-state index is 12.3. The quantitative estimate of drug-likeness (QED) is 0.899. The lowest BCUT2D eigenvalue weighted by molar-refractivity contribution is -0.139. The maximum absolute atomic E-state index is 12.3. The van der Waals surface area contributed by atoms with Crippen LogP contribution in [0.4, 0.5) is 0 Å². The second-order valence-electron chi connectivity index (χ2n) is 5.22. The number of ether oxygens (including phenoxy) is 1. The van der Waals surface area contributed by atoms with E-state index in [0.717, 1.165) is 30.9 Å². The van der Waals surface area contributed by atoms with Gasteiger partial charge in [0.25, 0.3) is 5.91 Å².